The molecule has 0 N–H and O–H groups in total. The van der Waals surface area contributed by atoms with Crippen LogP contribution >= 0.6 is 12.6 Å². The molecule has 0 atom stereocenters. The molecule has 0 aromatic carbocycles. The fraction of sp³-hybridized carbons (Fsp3) is 0. The summed E-state index contributed by atoms with van der Waals surface area (Å²) >= 11 is 3.78. The highest BCUT2D eigenvalue weighted by Crippen LogP contribution is 2.04. The number of thiol groups is 1. The number of aromatic nitrogens is 2. The van der Waals surface area contributed by atoms with Gasteiger partial charge in [0.05, 0.1) is 12.4 Å². The summed E-state index contributed by atoms with van der Waals surface area (Å²) in [6, 6.07) is 0. The highest BCUT2D eigenvalue weighted by atomic mass is 32.1. The third kappa shape index (κ3) is 1.10. The Morgan fingerprint density at radius 2 is 2.25 bits per heavy atom. The quantitative estimate of drug-likeness (QED) is 0.526. The predicted molar refractivity (Wildman–Crippen MR) is 29.4 cm³/mol. The highest BCUT2D eigenvalue weighted by Gasteiger charge is 1.89. The number of nitrogens with zero attached hydrogens (tertiary/aromatic N) is 2. The van der Waals surface area contributed by atoms with Crippen LogP contribution < -0.4 is 0 Å². The van der Waals surface area contributed by atoms with Crippen LogP contribution in [0, 0.1) is 0 Å². The molecule has 0 fully saturated rings. The van der Waals surface area contributed by atoms with Gasteiger partial charge in [0.2, 0.25) is 0 Å². The van der Waals surface area contributed by atoms with Crippen LogP contribution in [0.25, 0.3) is 0 Å². The first kappa shape index (κ1) is 5.37. The fourth-order valence-electron chi connectivity index (χ4n) is 0.338. The molecule has 0 aliphatic heterocycles. The van der Waals surface area contributed by atoms with E-state index < -0.39 is 0 Å². The van der Waals surface area contributed by atoms with Gasteiger partial charge in [-0.1, -0.05) is 0 Å². The number of hydrogen-bond acceptors (Lipinski definition) is 3. The molecule has 3 nitrogen and oxygen atoms in total. The lowest BCUT2D eigenvalue weighted by Crippen LogP contribution is -1.76. The van der Waals surface area contributed by atoms with Crippen molar-refractivity contribution < 1.29 is 5.11 Å². The summed E-state index contributed by atoms with van der Waals surface area (Å²) in [5, 5.41) is 10.6. The van der Waals surface area contributed by atoms with Crippen molar-refractivity contribution >= 4 is 12.6 Å². The molecular weight excluding hydrogens is 124 g/mol. The van der Waals surface area contributed by atoms with E-state index in [2.05, 4.69) is 22.6 Å². The lowest BCUT2D eigenvalue weighted by atomic mass is 10.7. The smallest absolute Gasteiger partial charge is 0.266 e. The summed E-state index contributed by atoms with van der Waals surface area (Å²) in [4.78, 5) is 6.95. The van der Waals surface area contributed by atoms with E-state index in [1.165, 1.54) is 6.20 Å². The van der Waals surface area contributed by atoms with Gasteiger partial charge in [0.15, 0.2) is 0 Å². The molecule has 41 valence electrons. The second-order valence-corrected chi connectivity index (χ2v) is 1.67. The van der Waals surface area contributed by atoms with E-state index >= 15 is 0 Å². The molecule has 0 aliphatic carbocycles. The van der Waals surface area contributed by atoms with Gasteiger partial charge >= 0.3 is 0 Å². The summed E-state index contributed by atoms with van der Waals surface area (Å²) in [5.74, 6) is -0.350. The molecule has 8 heavy (non-hydrogen) atoms. The van der Waals surface area contributed by atoms with Crippen LogP contribution in [0.5, 0.6) is 5.88 Å². The first-order valence-corrected chi connectivity index (χ1v) is 2.42. The van der Waals surface area contributed by atoms with Gasteiger partial charge < -0.3 is 0 Å². The van der Waals surface area contributed by atoms with Gasteiger partial charge in [-0.2, -0.15) is 0 Å². The molecule has 1 rings (SSSR count). The van der Waals surface area contributed by atoms with Gasteiger partial charge in [-0.3, -0.25) is 10.1 Å². The zero-order valence-corrected chi connectivity index (χ0v) is 4.80. The summed E-state index contributed by atoms with van der Waals surface area (Å²) in [6.07, 6.45) is 2.55. The fourth-order valence-corrected chi connectivity index (χ4v) is 0.504. The summed E-state index contributed by atoms with van der Waals surface area (Å²) < 4.78 is 0. The largest absolute Gasteiger partial charge is 0.289 e. The maximum absolute atomic E-state index is 10.3. The van der Waals surface area contributed by atoms with E-state index in [9.17, 15) is 5.11 Å². The number of hydrogen-bond donors (Lipinski definition) is 1. The van der Waals surface area contributed by atoms with E-state index in [0.717, 1.165) is 6.20 Å². The van der Waals surface area contributed by atoms with Crippen molar-refractivity contribution in [3.63, 3.8) is 0 Å². The third-order valence-electron chi connectivity index (χ3n) is 0.600. The summed E-state index contributed by atoms with van der Waals surface area (Å²) in [6.45, 7) is 0. The molecule has 0 amide bonds. The Morgan fingerprint density at radius 1 is 1.50 bits per heavy atom. The second kappa shape index (κ2) is 2.00. The summed E-state index contributed by atoms with van der Waals surface area (Å²) in [7, 11) is 0. The molecule has 1 aromatic heterocycles. The van der Waals surface area contributed by atoms with Crippen molar-refractivity contribution in [2.24, 2.45) is 0 Å². The Morgan fingerprint density at radius 3 is 2.62 bits per heavy atom. The molecule has 0 saturated carbocycles. The standard InChI is InChI=1S/C4H3N2OS/c7-3-1-5-2-4(8)6-3/h1-2H,(H,6,8). The Kier molecular flexibility index (Phi) is 1.34. The second-order valence-electron chi connectivity index (χ2n) is 1.22. The van der Waals surface area contributed by atoms with Crippen LogP contribution in [0.2, 0.25) is 0 Å². The average molecular weight is 127 g/mol. The van der Waals surface area contributed by atoms with Crippen molar-refractivity contribution in [3.05, 3.63) is 12.4 Å². The molecule has 1 radical (unpaired) electrons. The van der Waals surface area contributed by atoms with E-state index in [1.54, 1.807) is 0 Å². The maximum atomic E-state index is 10.3. The van der Waals surface area contributed by atoms with Gasteiger partial charge in [-0.15, -0.1) is 12.6 Å². The zero-order valence-electron chi connectivity index (χ0n) is 3.90. The van der Waals surface area contributed by atoms with Crippen LogP contribution in [0.3, 0.4) is 0 Å². The molecule has 0 saturated heterocycles. The number of rotatable bonds is 0. The van der Waals surface area contributed by atoms with E-state index in [0.29, 0.717) is 5.03 Å². The van der Waals surface area contributed by atoms with Gasteiger partial charge in [-0.25, -0.2) is 4.98 Å². The van der Waals surface area contributed by atoms with E-state index in [-0.39, 0.29) is 5.88 Å². The van der Waals surface area contributed by atoms with Crippen molar-refractivity contribution in [2.45, 2.75) is 5.03 Å². The van der Waals surface area contributed by atoms with Crippen molar-refractivity contribution in [1.82, 2.24) is 9.97 Å². The molecule has 4 heteroatoms. The minimum atomic E-state index is -0.350. The first-order chi connectivity index (χ1) is 3.79. The van der Waals surface area contributed by atoms with Crippen LogP contribution in [0.15, 0.2) is 17.4 Å². The molecule has 0 bridgehead atoms. The Labute approximate surface area is 51.8 Å². The van der Waals surface area contributed by atoms with E-state index in [4.69, 9.17) is 0 Å². The normalized spacial score (nSPS) is 9.12. The molecule has 0 aliphatic rings. The van der Waals surface area contributed by atoms with Crippen LogP contribution in [-0.4, -0.2) is 9.97 Å². The van der Waals surface area contributed by atoms with Crippen LogP contribution in [0.4, 0.5) is 0 Å². The maximum Gasteiger partial charge on any atom is 0.289 e. The van der Waals surface area contributed by atoms with Crippen LogP contribution in [-0.2, 0) is 5.11 Å². The monoisotopic (exact) mass is 127 g/mol. The Balaban J connectivity index is 3.08. The van der Waals surface area contributed by atoms with Crippen molar-refractivity contribution in [1.29, 1.82) is 0 Å². The lowest BCUT2D eigenvalue weighted by molar-refractivity contribution is 0.332. The molecule has 0 spiro atoms. The average Bonchev–Trinajstić information content (AvgIpc) is 1.64. The van der Waals surface area contributed by atoms with Gasteiger partial charge in [0, 0.05) is 0 Å². The molecular formula is C4H3N2OS. The van der Waals surface area contributed by atoms with Gasteiger partial charge in [0.25, 0.3) is 5.88 Å². The SMILES string of the molecule is [O]c1cncc(S)n1. The Bertz CT molecular complexity index is 174. The molecule has 1 heterocycles. The minimum absolute atomic E-state index is 0.350. The first-order valence-electron chi connectivity index (χ1n) is 1.97. The highest BCUT2D eigenvalue weighted by molar-refractivity contribution is 7.80. The van der Waals surface area contributed by atoms with E-state index in [1.807, 2.05) is 0 Å². The third-order valence-corrected chi connectivity index (χ3v) is 0.815. The molecule has 1 aromatic rings. The van der Waals surface area contributed by atoms with Gasteiger partial charge in [0.1, 0.15) is 5.03 Å². The topological polar surface area (TPSA) is 45.7 Å². The van der Waals surface area contributed by atoms with Crippen molar-refractivity contribution in [2.75, 3.05) is 0 Å². The van der Waals surface area contributed by atoms with Gasteiger partial charge in [-0.05, 0) is 0 Å². The minimum Gasteiger partial charge on any atom is -0.266 e. The van der Waals surface area contributed by atoms with Crippen molar-refractivity contribution in [3.8, 4) is 5.88 Å². The lowest BCUT2D eigenvalue weighted by Gasteiger charge is -1.84. The summed E-state index contributed by atoms with van der Waals surface area (Å²) in [5.41, 5.74) is 0. The predicted octanol–water partition coefficient (Wildman–Crippen LogP) is 0.909. The Hall–Kier alpha value is -0.770. The molecule has 0 unspecified atom stereocenters. The van der Waals surface area contributed by atoms with Crippen LogP contribution in [0.1, 0.15) is 0 Å². The zero-order chi connectivity index (χ0) is 5.98.